The van der Waals surface area contributed by atoms with Crippen molar-refractivity contribution >= 4 is 11.6 Å². The maximum absolute atomic E-state index is 14.1. The zero-order chi connectivity index (χ0) is 14.7. The molecule has 1 atom stereocenters. The average molecular weight is 311 g/mol. The lowest BCUT2D eigenvalue weighted by Gasteiger charge is -2.31. The quantitative estimate of drug-likeness (QED) is 0.889. The Bertz CT molecular complexity index is 448. The third kappa shape index (κ3) is 3.77. The number of halogens is 2. The van der Waals surface area contributed by atoms with Crippen molar-refractivity contribution in [3.05, 3.63) is 34.6 Å². The largest absolute Gasteiger partial charge is 0.315 e. The second-order valence-corrected chi connectivity index (χ2v) is 6.83. The molecule has 1 saturated carbocycles. The van der Waals surface area contributed by atoms with Crippen molar-refractivity contribution in [1.29, 1.82) is 0 Å². The van der Waals surface area contributed by atoms with Crippen LogP contribution in [0.3, 0.4) is 0 Å². The molecule has 1 saturated heterocycles. The molecule has 2 aliphatic rings. The fraction of sp³-hybridized carbons (Fsp3) is 0.647. The number of hydrogen-bond acceptors (Lipinski definition) is 2. The molecule has 0 spiro atoms. The summed E-state index contributed by atoms with van der Waals surface area (Å²) in [4.78, 5) is 2.46. The molecule has 1 N–H and O–H groups in total. The number of benzene rings is 1. The minimum Gasteiger partial charge on any atom is -0.315 e. The highest BCUT2D eigenvalue weighted by atomic mass is 35.5. The molecule has 21 heavy (non-hydrogen) atoms. The molecule has 0 bridgehead atoms. The molecule has 1 aliphatic carbocycles. The fourth-order valence-electron chi connectivity index (χ4n) is 3.70. The van der Waals surface area contributed by atoms with Gasteiger partial charge in [0.2, 0.25) is 0 Å². The number of rotatable bonds is 5. The Morgan fingerprint density at radius 3 is 2.71 bits per heavy atom. The van der Waals surface area contributed by atoms with Crippen molar-refractivity contribution in [3.8, 4) is 0 Å². The van der Waals surface area contributed by atoms with Crippen LogP contribution in [0.4, 0.5) is 4.39 Å². The van der Waals surface area contributed by atoms with Crippen LogP contribution in [-0.2, 0) is 6.54 Å². The molecular weight excluding hydrogens is 287 g/mol. The zero-order valence-electron chi connectivity index (χ0n) is 12.5. The Kier molecular flexibility index (Phi) is 5.15. The smallest absolute Gasteiger partial charge is 0.129 e. The summed E-state index contributed by atoms with van der Waals surface area (Å²) < 4.78 is 14.1. The highest BCUT2D eigenvalue weighted by Gasteiger charge is 2.27. The summed E-state index contributed by atoms with van der Waals surface area (Å²) in [5.41, 5.74) is 0.657. The van der Waals surface area contributed by atoms with E-state index in [-0.39, 0.29) is 5.82 Å². The molecular formula is C17H24ClFN2. The van der Waals surface area contributed by atoms with Crippen molar-refractivity contribution in [3.63, 3.8) is 0 Å². The Morgan fingerprint density at radius 2 is 2.05 bits per heavy atom. The molecule has 116 valence electrons. The Morgan fingerprint density at radius 1 is 1.24 bits per heavy atom. The molecule has 0 unspecified atom stereocenters. The lowest BCUT2D eigenvalue weighted by molar-refractivity contribution is 0.166. The van der Waals surface area contributed by atoms with Crippen LogP contribution >= 0.6 is 11.6 Å². The van der Waals surface area contributed by atoms with E-state index in [0.717, 1.165) is 32.0 Å². The first-order chi connectivity index (χ1) is 10.2. The summed E-state index contributed by atoms with van der Waals surface area (Å²) in [6.07, 6.45) is 6.49. The maximum atomic E-state index is 14.1. The molecule has 2 fully saturated rings. The molecule has 0 radical (unpaired) electrons. The van der Waals surface area contributed by atoms with Crippen LogP contribution in [0.2, 0.25) is 5.02 Å². The van der Waals surface area contributed by atoms with Crippen LogP contribution in [0, 0.1) is 11.7 Å². The van der Waals surface area contributed by atoms with E-state index < -0.39 is 0 Å². The number of hydrogen-bond donors (Lipinski definition) is 1. The van der Waals surface area contributed by atoms with E-state index in [1.165, 1.54) is 31.7 Å². The predicted octanol–water partition coefficient (Wildman–Crippen LogP) is 3.83. The molecule has 3 rings (SSSR count). The van der Waals surface area contributed by atoms with Crippen molar-refractivity contribution in [2.75, 3.05) is 19.6 Å². The first-order valence-electron chi connectivity index (χ1n) is 8.11. The maximum Gasteiger partial charge on any atom is 0.129 e. The third-order valence-electron chi connectivity index (χ3n) is 4.94. The summed E-state index contributed by atoms with van der Waals surface area (Å²) in [5.74, 6) is 0.598. The van der Waals surface area contributed by atoms with Gasteiger partial charge in [-0.05, 0) is 43.9 Å². The van der Waals surface area contributed by atoms with Crippen molar-refractivity contribution in [2.24, 2.45) is 5.92 Å². The van der Waals surface area contributed by atoms with E-state index in [0.29, 0.717) is 23.2 Å². The predicted molar refractivity (Wildman–Crippen MR) is 85.1 cm³/mol. The zero-order valence-corrected chi connectivity index (χ0v) is 13.2. The summed E-state index contributed by atoms with van der Waals surface area (Å²) in [6, 6.07) is 5.50. The molecule has 0 aromatic heterocycles. The van der Waals surface area contributed by atoms with Gasteiger partial charge in [-0.1, -0.05) is 30.5 Å². The minimum absolute atomic E-state index is 0.176. The normalized spacial score (nSPS) is 23.3. The SMILES string of the molecule is Fc1cccc(Cl)c1CN(CC1CCCC1)[C@H]1CCNC1. The summed E-state index contributed by atoms with van der Waals surface area (Å²) >= 11 is 6.21. The molecule has 0 amide bonds. The second-order valence-electron chi connectivity index (χ2n) is 6.43. The second kappa shape index (κ2) is 7.08. The van der Waals surface area contributed by atoms with E-state index in [9.17, 15) is 4.39 Å². The Hall–Kier alpha value is -0.640. The molecule has 1 heterocycles. The molecule has 1 aliphatic heterocycles. The number of nitrogens with zero attached hydrogens (tertiary/aromatic N) is 1. The van der Waals surface area contributed by atoms with Crippen LogP contribution in [0.1, 0.15) is 37.7 Å². The van der Waals surface area contributed by atoms with Crippen molar-refractivity contribution in [2.45, 2.75) is 44.7 Å². The summed E-state index contributed by atoms with van der Waals surface area (Å²) in [6.45, 7) is 3.79. The van der Waals surface area contributed by atoms with Crippen molar-refractivity contribution in [1.82, 2.24) is 10.2 Å². The molecule has 4 heteroatoms. The first-order valence-corrected chi connectivity index (χ1v) is 8.49. The summed E-state index contributed by atoms with van der Waals surface area (Å²) in [5, 5.41) is 3.98. The van der Waals surface area contributed by atoms with E-state index in [1.807, 2.05) is 0 Å². The van der Waals surface area contributed by atoms with Crippen LogP contribution in [0.25, 0.3) is 0 Å². The van der Waals surface area contributed by atoms with Gasteiger partial charge in [-0.3, -0.25) is 4.90 Å². The van der Waals surface area contributed by atoms with E-state index >= 15 is 0 Å². The van der Waals surface area contributed by atoms with Gasteiger partial charge in [0.15, 0.2) is 0 Å². The van der Waals surface area contributed by atoms with Gasteiger partial charge in [0.05, 0.1) is 0 Å². The van der Waals surface area contributed by atoms with Crippen LogP contribution in [0.15, 0.2) is 18.2 Å². The van der Waals surface area contributed by atoms with Crippen LogP contribution in [-0.4, -0.2) is 30.6 Å². The Balaban J connectivity index is 1.74. The molecule has 2 nitrogen and oxygen atoms in total. The lowest BCUT2D eigenvalue weighted by atomic mass is 10.0. The molecule has 1 aromatic carbocycles. The fourth-order valence-corrected chi connectivity index (χ4v) is 3.93. The topological polar surface area (TPSA) is 15.3 Å². The monoisotopic (exact) mass is 310 g/mol. The highest BCUT2D eigenvalue weighted by Crippen LogP contribution is 2.29. The standard InChI is InChI=1S/C17H24ClFN2/c18-16-6-3-7-17(19)15(16)12-21(14-8-9-20-10-14)11-13-4-1-2-5-13/h3,6-7,13-14,20H,1-2,4-5,8-12H2/t14-/m0/s1. The van der Waals surface area contributed by atoms with Gasteiger partial charge in [0.25, 0.3) is 0 Å². The van der Waals surface area contributed by atoms with Gasteiger partial charge in [-0.15, -0.1) is 0 Å². The van der Waals surface area contributed by atoms with Gasteiger partial charge in [-0.2, -0.15) is 0 Å². The minimum atomic E-state index is -0.176. The van der Waals surface area contributed by atoms with Gasteiger partial charge >= 0.3 is 0 Å². The van der Waals surface area contributed by atoms with Crippen molar-refractivity contribution < 1.29 is 4.39 Å². The lowest BCUT2D eigenvalue weighted by Crippen LogP contribution is -2.39. The van der Waals surface area contributed by atoms with Gasteiger partial charge < -0.3 is 5.32 Å². The van der Waals surface area contributed by atoms with Crippen LogP contribution in [0.5, 0.6) is 0 Å². The van der Waals surface area contributed by atoms with E-state index in [1.54, 1.807) is 12.1 Å². The summed E-state index contributed by atoms with van der Waals surface area (Å²) in [7, 11) is 0. The average Bonchev–Trinajstić information content (AvgIpc) is 3.14. The number of nitrogens with one attached hydrogen (secondary N) is 1. The highest BCUT2D eigenvalue weighted by molar-refractivity contribution is 6.31. The molecule has 1 aromatic rings. The van der Waals surface area contributed by atoms with E-state index in [2.05, 4.69) is 10.2 Å². The van der Waals surface area contributed by atoms with Gasteiger partial charge in [0.1, 0.15) is 5.82 Å². The third-order valence-corrected chi connectivity index (χ3v) is 5.30. The first kappa shape index (κ1) is 15.3. The van der Waals surface area contributed by atoms with E-state index in [4.69, 9.17) is 11.6 Å². The Labute approximate surface area is 131 Å². The van der Waals surface area contributed by atoms with Gasteiger partial charge in [0, 0.05) is 36.3 Å². The van der Waals surface area contributed by atoms with Crippen LogP contribution < -0.4 is 5.32 Å². The van der Waals surface area contributed by atoms with Gasteiger partial charge in [-0.25, -0.2) is 4.39 Å².